The lowest BCUT2D eigenvalue weighted by Crippen LogP contribution is -2.41. The highest BCUT2D eigenvalue weighted by molar-refractivity contribution is 5.49. The topological polar surface area (TPSA) is 52.5 Å². The molecule has 2 unspecified atom stereocenters. The molecule has 3 heteroatoms. The van der Waals surface area contributed by atoms with E-state index in [0.29, 0.717) is 12.0 Å². The average molecular weight is 366 g/mol. The summed E-state index contributed by atoms with van der Waals surface area (Å²) in [4.78, 5) is 0. The standard InChI is InChI=1S/C24H31NO2/c26-23-14-19-11-12-22(25-16-18-9-5-2-6-10-18)21(20(19)15-24(23)27)13-17-7-3-1-4-8-17/h1,3-4,7-8,14-15,18,21-22,25-27H,2,5-6,9-13,16H2. The molecule has 3 N–H and O–H groups in total. The van der Waals surface area contributed by atoms with E-state index in [4.69, 9.17) is 0 Å². The summed E-state index contributed by atoms with van der Waals surface area (Å²) in [5, 5.41) is 23.9. The van der Waals surface area contributed by atoms with Crippen molar-refractivity contribution in [1.29, 1.82) is 0 Å². The zero-order valence-corrected chi connectivity index (χ0v) is 16.0. The number of phenols is 2. The van der Waals surface area contributed by atoms with Crippen molar-refractivity contribution >= 4 is 0 Å². The number of nitrogens with one attached hydrogen (secondary N) is 1. The van der Waals surface area contributed by atoms with Crippen molar-refractivity contribution in [2.45, 2.75) is 63.3 Å². The maximum absolute atomic E-state index is 10.1. The van der Waals surface area contributed by atoms with E-state index < -0.39 is 0 Å². The van der Waals surface area contributed by atoms with Crippen molar-refractivity contribution in [1.82, 2.24) is 5.32 Å². The first-order valence-electron chi connectivity index (χ1n) is 10.5. The average Bonchev–Trinajstić information content (AvgIpc) is 2.70. The van der Waals surface area contributed by atoms with Crippen LogP contribution in [0.4, 0.5) is 0 Å². The Balaban J connectivity index is 1.56. The van der Waals surface area contributed by atoms with Gasteiger partial charge in [-0.15, -0.1) is 0 Å². The van der Waals surface area contributed by atoms with Crippen LogP contribution in [-0.4, -0.2) is 22.8 Å². The summed E-state index contributed by atoms with van der Waals surface area (Å²) in [5.41, 5.74) is 3.70. The summed E-state index contributed by atoms with van der Waals surface area (Å²) < 4.78 is 0. The molecule has 1 saturated carbocycles. The van der Waals surface area contributed by atoms with Crippen LogP contribution in [0, 0.1) is 5.92 Å². The van der Waals surface area contributed by atoms with Crippen LogP contribution in [0.2, 0.25) is 0 Å². The van der Waals surface area contributed by atoms with E-state index in [9.17, 15) is 10.2 Å². The van der Waals surface area contributed by atoms with Crippen LogP contribution in [0.25, 0.3) is 0 Å². The molecule has 0 radical (unpaired) electrons. The first-order chi connectivity index (χ1) is 13.2. The van der Waals surface area contributed by atoms with Gasteiger partial charge in [-0.1, -0.05) is 49.6 Å². The third-order valence-corrected chi connectivity index (χ3v) is 6.54. The molecule has 3 nitrogen and oxygen atoms in total. The molecule has 0 saturated heterocycles. The van der Waals surface area contributed by atoms with Crippen LogP contribution in [0.3, 0.4) is 0 Å². The molecule has 2 aliphatic carbocycles. The Labute approximate surface area is 162 Å². The predicted molar refractivity (Wildman–Crippen MR) is 109 cm³/mol. The fraction of sp³-hybridized carbons (Fsp3) is 0.500. The predicted octanol–water partition coefficient (Wildman–Crippen LogP) is 4.91. The maximum atomic E-state index is 10.1. The van der Waals surface area contributed by atoms with E-state index >= 15 is 0 Å². The number of aryl methyl sites for hydroxylation is 1. The largest absolute Gasteiger partial charge is 0.504 e. The molecule has 144 valence electrons. The lowest BCUT2D eigenvalue weighted by Gasteiger charge is -2.36. The summed E-state index contributed by atoms with van der Waals surface area (Å²) in [6.45, 7) is 1.11. The molecule has 0 aromatic heterocycles. The van der Waals surface area contributed by atoms with Gasteiger partial charge in [0.2, 0.25) is 0 Å². The molecule has 0 amide bonds. The summed E-state index contributed by atoms with van der Waals surface area (Å²) >= 11 is 0. The second-order valence-corrected chi connectivity index (χ2v) is 8.39. The first-order valence-corrected chi connectivity index (χ1v) is 10.5. The molecule has 2 atom stereocenters. The Morgan fingerprint density at radius 2 is 1.63 bits per heavy atom. The zero-order chi connectivity index (χ0) is 18.6. The van der Waals surface area contributed by atoms with E-state index in [-0.39, 0.29) is 11.5 Å². The minimum atomic E-state index is -0.000239. The highest BCUT2D eigenvalue weighted by atomic mass is 16.3. The number of hydrogen-bond donors (Lipinski definition) is 3. The van der Waals surface area contributed by atoms with E-state index in [1.54, 1.807) is 12.1 Å². The van der Waals surface area contributed by atoms with Crippen LogP contribution in [0.5, 0.6) is 11.5 Å². The minimum Gasteiger partial charge on any atom is -0.504 e. The third-order valence-electron chi connectivity index (χ3n) is 6.54. The Bertz CT molecular complexity index is 752. The minimum absolute atomic E-state index is 0.000239. The van der Waals surface area contributed by atoms with Crippen LogP contribution in [-0.2, 0) is 12.8 Å². The van der Waals surface area contributed by atoms with Gasteiger partial charge in [0.25, 0.3) is 0 Å². The summed E-state index contributed by atoms with van der Waals surface area (Å²) in [6, 6.07) is 14.6. The molecule has 27 heavy (non-hydrogen) atoms. The quantitative estimate of drug-likeness (QED) is 0.660. The van der Waals surface area contributed by atoms with Gasteiger partial charge in [0, 0.05) is 12.0 Å². The Kier molecular flexibility index (Phi) is 5.68. The SMILES string of the molecule is Oc1cc2c(cc1O)C(Cc1ccccc1)C(NCC1CCCCC1)CC2. The van der Waals surface area contributed by atoms with Gasteiger partial charge in [0.1, 0.15) is 0 Å². The number of fused-ring (bicyclic) bond motifs is 1. The second-order valence-electron chi connectivity index (χ2n) is 8.39. The number of rotatable bonds is 5. The molecule has 2 aromatic carbocycles. The molecule has 1 fully saturated rings. The molecule has 2 aromatic rings. The van der Waals surface area contributed by atoms with Gasteiger partial charge in [0.05, 0.1) is 0 Å². The Morgan fingerprint density at radius 3 is 2.41 bits per heavy atom. The van der Waals surface area contributed by atoms with E-state index in [1.807, 2.05) is 0 Å². The highest BCUT2D eigenvalue weighted by Gasteiger charge is 2.31. The van der Waals surface area contributed by atoms with Crippen molar-refractivity contribution in [2.24, 2.45) is 5.92 Å². The smallest absolute Gasteiger partial charge is 0.157 e. The molecule has 0 spiro atoms. The van der Waals surface area contributed by atoms with Crippen molar-refractivity contribution in [3.63, 3.8) is 0 Å². The van der Waals surface area contributed by atoms with E-state index in [0.717, 1.165) is 31.7 Å². The number of phenolic OH excluding ortho intramolecular Hbond substituents is 2. The zero-order valence-electron chi connectivity index (χ0n) is 16.0. The molecular weight excluding hydrogens is 334 g/mol. The van der Waals surface area contributed by atoms with Gasteiger partial charge in [-0.2, -0.15) is 0 Å². The van der Waals surface area contributed by atoms with Gasteiger partial charge in [-0.3, -0.25) is 0 Å². The summed E-state index contributed by atoms with van der Waals surface area (Å²) in [5.74, 6) is 1.14. The van der Waals surface area contributed by atoms with Crippen molar-refractivity contribution in [2.75, 3.05) is 6.54 Å². The first kappa shape index (κ1) is 18.4. The lowest BCUT2D eigenvalue weighted by atomic mass is 9.75. The van der Waals surface area contributed by atoms with Crippen LogP contribution >= 0.6 is 0 Å². The number of benzene rings is 2. The fourth-order valence-corrected chi connectivity index (χ4v) is 5.00. The molecule has 0 bridgehead atoms. The van der Waals surface area contributed by atoms with Crippen molar-refractivity contribution in [3.8, 4) is 11.5 Å². The van der Waals surface area contributed by atoms with E-state index in [2.05, 4.69) is 35.6 Å². The maximum Gasteiger partial charge on any atom is 0.157 e. The van der Waals surface area contributed by atoms with Crippen LogP contribution in [0.1, 0.15) is 61.1 Å². The summed E-state index contributed by atoms with van der Waals surface area (Å²) in [6.07, 6.45) is 9.86. The van der Waals surface area contributed by atoms with Gasteiger partial charge in [0.15, 0.2) is 11.5 Å². The van der Waals surface area contributed by atoms with E-state index in [1.165, 1.54) is 48.8 Å². The molecule has 0 heterocycles. The molecule has 2 aliphatic rings. The fourth-order valence-electron chi connectivity index (χ4n) is 5.00. The monoisotopic (exact) mass is 365 g/mol. The lowest BCUT2D eigenvalue weighted by molar-refractivity contribution is 0.300. The second kappa shape index (κ2) is 8.35. The number of aromatic hydroxyl groups is 2. The van der Waals surface area contributed by atoms with Gasteiger partial charge in [-0.25, -0.2) is 0 Å². The van der Waals surface area contributed by atoms with Crippen LogP contribution < -0.4 is 5.32 Å². The third kappa shape index (κ3) is 4.30. The van der Waals surface area contributed by atoms with Gasteiger partial charge in [-0.05, 0) is 73.4 Å². The van der Waals surface area contributed by atoms with Gasteiger partial charge < -0.3 is 15.5 Å². The Morgan fingerprint density at radius 1 is 0.889 bits per heavy atom. The number of hydrogen-bond acceptors (Lipinski definition) is 3. The molecule has 0 aliphatic heterocycles. The van der Waals surface area contributed by atoms with Gasteiger partial charge >= 0.3 is 0 Å². The van der Waals surface area contributed by atoms with Crippen molar-refractivity contribution in [3.05, 3.63) is 59.2 Å². The Hall–Kier alpha value is -2.00. The molecular formula is C24H31NO2. The van der Waals surface area contributed by atoms with Crippen LogP contribution in [0.15, 0.2) is 42.5 Å². The summed E-state index contributed by atoms with van der Waals surface area (Å²) in [7, 11) is 0. The molecule has 4 rings (SSSR count). The normalized spacial score (nSPS) is 23.1. The highest BCUT2D eigenvalue weighted by Crippen LogP contribution is 2.40. The van der Waals surface area contributed by atoms with Crippen molar-refractivity contribution < 1.29 is 10.2 Å².